The highest BCUT2D eigenvalue weighted by molar-refractivity contribution is 5.78. The molecule has 0 atom stereocenters. The lowest BCUT2D eigenvalue weighted by Crippen LogP contribution is -2.59. The third-order valence-corrected chi connectivity index (χ3v) is 2.90. The van der Waals surface area contributed by atoms with E-state index >= 15 is 0 Å². The number of hydrogen-bond donors (Lipinski definition) is 1. The summed E-state index contributed by atoms with van der Waals surface area (Å²) in [7, 11) is 2.06. The fraction of sp³-hybridized carbons (Fsp3) is 0.900. The number of likely N-dealkylation sites (tertiary alicyclic amines) is 1. The molecule has 0 bridgehead atoms. The zero-order chi connectivity index (χ0) is 10.7. The first-order valence-electron chi connectivity index (χ1n) is 5.52. The second-order valence-electron chi connectivity index (χ2n) is 4.37. The van der Waals surface area contributed by atoms with E-state index in [4.69, 9.17) is 4.74 Å². The highest BCUT2D eigenvalue weighted by Gasteiger charge is 2.25. The standard InChI is InChI=1S/C10H19N3O2/c1-12-6-9(7-12)11-10(14)8-13-2-4-15-5-3-13/h9H,2-8H2,1H3,(H,11,14). The number of carbonyl (C=O) groups is 1. The molecule has 0 radical (unpaired) electrons. The number of likely N-dealkylation sites (N-methyl/N-ethyl adjacent to an activating group) is 1. The van der Waals surface area contributed by atoms with Gasteiger partial charge >= 0.3 is 0 Å². The molecular weight excluding hydrogens is 194 g/mol. The first-order valence-corrected chi connectivity index (χ1v) is 5.52. The molecule has 1 N–H and O–H groups in total. The van der Waals surface area contributed by atoms with Gasteiger partial charge in [0.1, 0.15) is 0 Å². The van der Waals surface area contributed by atoms with E-state index in [1.807, 2.05) is 0 Å². The molecule has 1 amide bonds. The summed E-state index contributed by atoms with van der Waals surface area (Å²) >= 11 is 0. The van der Waals surface area contributed by atoms with Crippen molar-refractivity contribution in [1.82, 2.24) is 15.1 Å². The van der Waals surface area contributed by atoms with E-state index in [9.17, 15) is 4.79 Å². The van der Waals surface area contributed by atoms with E-state index in [1.165, 1.54) is 0 Å². The van der Waals surface area contributed by atoms with Crippen molar-refractivity contribution in [2.24, 2.45) is 0 Å². The van der Waals surface area contributed by atoms with Crippen LogP contribution in [0.3, 0.4) is 0 Å². The predicted octanol–water partition coefficient (Wildman–Crippen LogP) is -1.25. The summed E-state index contributed by atoms with van der Waals surface area (Å²) in [5, 5.41) is 3.03. The lowest BCUT2D eigenvalue weighted by molar-refractivity contribution is -0.124. The van der Waals surface area contributed by atoms with E-state index in [-0.39, 0.29) is 5.91 Å². The maximum Gasteiger partial charge on any atom is 0.234 e. The maximum atomic E-state index is 11.6. The second kappa shape index (κ2) is 4.92. The maximum absolute atomic E-state index is 11.6. The van der Waals surface area contributed by atoms with Crippen LogP contribution in [0, 0.1) is 0 Å². The van der Waals surface area contributed by atoms with Crippen molar-refractivity contribution in [3.63, 3.8) is 0 Å². The van der Waals surface area contributed by atoms with Crippen LogP contribution < -0.4 is 5.32 Å². The third-order valence-electron chi connectivity index (χ3n) is 2.90. The summed E-state index contributed by atoms with van der Waals surface area (Å²) in [5.41, 5.74) is 0. The lowest BCUT2D eigenvalue weighted by atomic mass is 10.1. The van der Waals surface area contributed by atoms with E-state index in [2.05, 4.69) is 22.2 Å². The van der Waals surface area contributed by atoms with E-state index < -0.39 is 0 Å². The predicted molar refractivity (Wildman–Crippen MR) is 56.7 cm³/mol. The largest absolute Gasteiger partial charge is 0.379 e. The molecule has 0 aromatic heterocycles. The van der Waals surface area contributed by atoms with Crippen LogP contribution in [0.1, 0.15) is 0 Å². The van der Waals surface area contributed by atoms with Crippen molar-refractivity contribution >= 4 is 5.91 Å². The topological polar surface area (TPSA) is 44.8 Å². The SMILES string of the molecule is CN1CC(NC(=O)CN2CCOCC2)C1. The minimum atomic E-state index is 0.148. The van der Waals surface area contributed by atoms with Crippen LogP contribution in [-0.4, -0.2) is 74.7 Å². The number of carbonyl (C=O) groups excluding carboxylic acids is 1. The number of rotatable bonds is 3. The highest BCUT2D eigenvalue weighted by atomic mass is 16.5. The van der Waals surface area contributed by atoms with Crippen molar-refractivity contribution in [1.29, 1.82) is 0 Å². The number of hydrogen-bond acceptors (Lipinski definition) is 4. The number of morpholine rings is 1. The molecule has 2 fully saturated rings. The Labute approximate surface area is 90.4 Å². The molecule has 2 saturated heterocycles. The first kappa shape index (κ1) is 10.9. The molecule has 2 aliphatic rings. The monoisotopic (exact) mass is 213 g/mol. The number of ether oxygens (including phenoxy) is 1. The zero-order valence-electron chi connectivity index (χ0n) is 9.24. The van der Waals surface area contributed by atoms with Crippen molar-refractivity contribution in [3.8, 4) is 0 Å². The van der Waals surface area contributed by atoms with Crippen LogP contribution in [0.25, 0.3) is 0 Å². The molecule has 0 aromatic rings. The molecule has 0 spiro atoms. The van der Waals surface area contributed by atoms with Crippen LogP contribution in [0.5, 0.6) is 0 Å². The number of amides is 1. The Bertz CT molecular complexity index is 223. The normalized spacial score (nSPS) is 24.9. The molecule has 0 saturated carbocycles. The Morgan fingerprint density at radius 3 is 2.67 bits per heavy atom. The molecular formula is C10H19N3O2. The van der Waals surface area contributed by atoms with Gasteiger partial charge in [-0.05, 0) is 7.05 Å². The zero-order valence-corrected chi connectivity index (χ0v) is 9.24. The number of nitrogens with zero attached hydrogens (tertiary/aromatic N) is 2. The van der Waals surface area contributed by atoms with Gasteiger partial charge in [0.05, 0.1) is 25.8 Å². The Morgan fingerprint density at radius 1 is 1.40 bits per heavy atom. The van der Waals surface area contributed by atoms with Crippen LogP contribution >= 0.6 is 0 Å². The molecule has 2 aliphatic heterocycles. The van der Waals surface area contributed by atoms with Crippen molar-refractivity contribution in [2.75, 3.05) is 53.0 Å². The summed E-state index contributed by atoms with van der Waals surface area (Å²) in [5.74, 6) is 0.148. The van der Waals surface area contributed by atoms with Crippen LogP contribution in [0.2, 0.25) is 0 Å². The summed E-state index contributed by atoms with van der Waals surface area (Å²) in [4.78, 5) is 15.9. The smallest absolute Gasteiger partial charge is 0.234 e. The van der Waals surface area contributed by atoms with Gasteiger partial charge in [0, 0.05) is 26.2 Å². The van der Waals surface area contributed by atoms with Gasteiger partial charge in [0.15, 0.2) is 0 Å². The summed E-state index contributed by atoms with van der Waals surface area (Å²) in [6.45, 7) is 5.72. The van der Waals surface area contributed by atoms with Gasteiger partial charge < -0.3 is 15.0 Å². The van der Waals surface area contributed by atoms with Gasteiger partial charge in [-0.25, -0.2) is 0 Å². The quantitative estimate of drug-likeness (QED) is 0.636. The molecule has 0 aromatic carbocycles. The van der Waals surface area contributed by atoms with Crippen molar-refractivity contribution in [2.45, 2.75) is 6.04 Å². The van der Waals surface area contributed by atoms with Crippen molar-refractivity contribution in [3.05, 3.63) is 0 Å². The molecule has 0 unspecified atom stereocenters. The molecule has 86 valence electrons. The van der Waals surface area contributed by atoms with Gasteiger partial charge in [-0.3, -0.25) is 9.69 Å². The summed E-state index contributed by atoms with van der Waals surface area (Å²) in [6.07, 6.45) is 0. The molecule has 0 aliphatic carbocycles. The van der Waals surface area contributed by atoms with Gasteiger partial charge in [-0.2, -0.15) is 0 Å². The van der Waals surface area contributed by atoms with Gasteiger partial charge in [-0.1, -0.05) is 0 Å². The molecule has 5 nitrogen and oxygen atoms in total. The Morgan fingerprint density at radius 2 is 2.07 bits per heavy atom. The van der Waals surface area contributed by atoms with Crippen molar-refractivity contribution < 1.29 is 9.53 Å². The minimum absolute atomic E-state index is 0.148. The second-order valence-corrected chi connectivity index (χ2v) is 4.37. The lowest BCUT2D eigenvalue weighted by Gasteiger charge is -2.37. The average molecular weight is 213 g/mol. The third kappa shape index (κ3) is 3.15. The fourth-order valence-electron chi connectivity index (χ4n) is 2.03. The Hall–Kier alpha value is -0.650. The fourth-order valence-corrected chi connectivity index (χ4v) is 2.03. The molecule has 2 rings (SSSR count). The Kier molecular flexibility index (Phi) is 3.56. The van der Waals surface area contributed by atoms with Gasteiger partial charge in [0.25, 0.3) is 0 Å². The van der Waals surface area contributed by atoms with E-state index in [0.717, 1.165) is 39.4 Å². The van der Waals surface area contributed by atoms with E-state index in [0.29, 0.717) is 12.6 Å². The number of nitrogens with one attached hydrogen (secondary N) is 1. The molecule has 2 heterocycles. The summed E-state index contributed by atoms with van der Waals surface area (Å²) < 4.78 is 5.23. The Balaban J connectivity index is 1.63. The van der Waals surface area contributed by atoms with Gasteiger partial charge in [0.2, 0.25) is 5.91 Å². The molecule has 5 heteroatoms. The van der Waals surface area contributed by atoms with E-state index in [1.54, 1.807) is 0 Å². The van der Waals surface area contributed by atoms with Crippen LogP contribution in [0.15, 0.2) is 0 Å². The minimum Gasteiger partial charge on any atom is -0.379 e. The van der Waals surface area contributed by atoms with Crippen LogP contribution in [-0.2, 0) is 9.53 Å². The first-order chi connectivity index (χ1) is 7.24. The summed E-state index contributed by atoms with van der Waals surface area (Å²) in [6, 6.07) is 0.364. The molecule has 15 heavy (non-hydrogen) atoms. The average Bonchev–Trinajstić information content (AvgIpc) is 2.17. The van der Waals surface area contributed by atoms with Gasteiger partial charge in [-0.15, -0.1) is 0 Å². The van der Waals surface area contributed by atoms with Crippen LogP contribution in [0.4, 0.5) is 0 Å². The highest BCUT2D eigenvalue weighted by Crippen LogP contribution is 2.03.